The van der Waals surface area contributed by atoms with Crippen molar-refractivity contribution >= 4 is 11.7 Å². The third kappa shape index (κ3) is 3.31. The van der Waals surface area contributed by atoms with E-state index in [1.165, 1.54) is 0 Å². The molecule has 0 aromatic carbocycles. The van der Waals surface area contributed by atoms with Crippen molar-refractivity contribution in [1.82, 2.24) is 5.32 Å². The lowest BCUT2D eigenvalue weighted by molar-refractivity contribution is -0.128. The summed E-state index contributed by atoms with van der Waals surface area (Å²) in [7, 11) is 0. The molecule has 1 saturated heterocycles. The predicted molar refractivity (Wildman–Crippen MR) is 80.1 cm³/mol. The zero-order valence-corrected chi connectivity index (χ0v) is 13.0. The molecule has 4 N–H and O–H groups in total. The summed E-state index contributed by atoms with van der Waals surface area (Å²) in [4.78, 5) is 12.5. The number of nitrogens with zero attached hydrogens (tertiary/aromatic N) is 1. The molecule has 0 radical (unpaired) electrons. The Balaban J connectivity index is 2.09. The minimum atomic E-state index is -0.695. The minimum Gasteiger partial charge on any atom is -0.409 e. The second kappa shape index (κ2) is 6.64. The van der Waals surface area contributed by atoms with Crippen molar-refractivity contribution in [3.8, 4) is 0 Å². The van der Waals surface area contributed by atoms with Gasteiger partial charge in [0.15, 0.2) is 5.84 Å². The van der Waals surface area contributed by atoms with Gasteiger partial charge in [-0.25, -0.2) is 0 Å². The normalized spacial score (nSPS) is 37.4. The molecule has 1 aliphatic carbocycles. The highest BCUT2D eigenvalue weighted by Crippen LogP contribution is 2.34. The molecule has 120 valence electrons. The second-order valence-corrected chi connectivity index (χ2v) is 6.38. The van der Waals surface area contributed by atoms with Crippen LogP contribution in [-0.4, -0.2) is 35.2 Å². The Kier molecular flexibility index (Phi) is 5.08. The van der Waals surface area contributed by atoms with E-state index in [0.29, 0.717) is 12.5 Å². The van der Waals surface area contributed by atoms with Crippen molar-refractivity contribution < 1.29 is 14.7 Å². The van der Waals surface area contributed by atoms with Crippen LogP contribution in [-0.2, 0) is 9.53 Å². The molecule has 0 aromatic rings. The standard InChI is InChI=1S/C15H27N3O3/c1-3-11-4-7-15(8-5-11,14(16)18-20)17-13(19)12-6-9-21-10(12)2/h10-12,20H,3-9H2,1-2H3,(H2,16,18)(H,17,19). The van der Waals surface area contributed by atoms with Gasteiger partial charge in [-0.15, -0.1) is 0 Å². The Morgan fingerprint density at radius 1 is 1.43 bits per heavy atom. The van der Waals surface area contributed by atoms with E-state index >= 15 is 0 Å². The highest BCUT2D eigenvalue weighted by atomic mass is 16.5. The van der Waals surface area contributed by atoms with E-state index in [1.807, 2.05) is 6.92 Å². The Bertz CT molecular complexity index is 403. The number of oxime groups is 1. The number of nitrogens with one attached hydrogen (secondary N) is 1. The number of ether oxygens (including phenoxy) is 1. The van der Waals surface area contributed by atoms with Crippen LogP contribution in [0.15, 0.2) is 5.16 Å². The Morgan fingerprint density at radius 2 is 2.10 bits per heavy atom. The maximum Gasteiger partial charge on any atom is 0.226 e. The highest BCUT2D eigenvalue weighted by molar-refractivity contribution is 5.94. The lowest BCUT2D eigenvalue weighted by Gasteiger charge is -2.40. The first-order valence-corrected chi connectivity index (χ1v) is 7.94. The van der Waals surface area contributed by atoms with E-state index < -0.39 is 5.54 Å². The first-order chi connectivity index (χ1) is 10.0. The molecule has 6 heteroatoms. The van der Waals surface area contributed by atoms with Gasteiger partial charge in [0.05, 0.1) is 12.0 Å². The monoisotopic (exact) mass is 297 g/mol. The van der Waals surface area contributed by atoms with Crippen LogP contribution in [0.25, 0.3) is 0 Å². The van der Waals surface area contributed by atoms with Crippen molar-refractivity contribution in [2.45, 2.75) is 64.0 Å². The summed E-state index contributed by atoms with van der Waals surface area (Å²) in [6.45, 7) is 4.71. The van der Waals surface area contributed by atoms with Gasteiger partial charge in [-0.2, -0.15) is 0 Å². The fourth-order valence-electron chi connectivity index (χ4n) is 3.52. The fourth-order valence-corrected chi connectivity index (χ4v) is 3.52. The molecular weight excluding hydrogens is 270 g/mol. The number of rotatable bonds is 4. The number of carbonyl (C=O) groups is 1. The summed E-state index contributed by atoms with van der Waals surface area (Å²) in [5.74, 6) is 0.603. The summed E-state index contributed by atoms with van der Waals surface area (Å²) in [5.41, 5.74) is 5.21. The highest BCUT2D eigenvalue weighted by Gasteiger charge is 2.42. The molecule has 1 aliphatic heterocycles. The van der Waals surface area contributed by atoms with E-state index in [9.17, 15) is 4.79 Å². The van der Waals surface area contributed by atoms with Gasteiger partial charge in [0.1, 0.15) is 5.54 Å². The van der Waals surface area contributed by atoms with Crippen LogP contribution >= 0.6 is 0 Å². The quantitative estimate of drug-likeness (QED) is 0.318. The summed E-state index contributed by atoms with van der Waals surface area (Å²) < 4.78 is 5.46. The van der Waals surface area contributed by atoms with Crippen molar-refractivity contribution in [3.05, 3.63) is 0 Å². The molecule has 2 rings (SSSR count). The van der Waals surface area contributed by atoms with Crippen LogP contribution in [0.2, 0.25) is 0 Å². The van der Waals surface area contributed by atoms with E-state index in [1.54, 1.807) is 0 Å². The van der Waals surface area contributed by atoms with Gasteiger partial charge in [0.2, 0.25) is 5.91 Å². The molecule has 21 heavy (non-hydrogen) atoms. The lowest BCUT2D eigenvalue weighted by Crippen LogP contribution is -2.60. The number of amides is 1. The first-order valence-electron chi connectivity index (χ1n) is 7.94. The summed E-state index contributed by atoms with van der Waals surface area (Å²) >= 11 is 0. The average molecular weight is 297 g/mol. The maximum atomic E-state index is 12.5. The van der Waals surface area contributed by atoms with Gasteiger partial charge in [-0.3, -0.25) is 4.79 Å². The van der Waals surface area contributed by atoms with Gasteiger partial charge >= 0.3 is 0 Å². The number of nitrogens with two attached hydrogens (primary N) is 1. The topological polar surface area (TPSA) is 96.9 Å². The molecule has 2 atom stereocenters. The Labute approximate surface area is 126 Å². The van der Waals surface area contributed by atoms with Gasteiger partial charge in [0.25, 0.3) is 0 Å². The SMILES string of the molecule is CCC1CCC(NC(=O)C2CCOC2C)(C(N)=NO)CC1. The van der Waals surface area contributed by atoms with E-state index in [2.05, 4.69) is 17.4 Å². The fraction of sp³-hybridized carbons (Fsp3) is 0.867. The van der Waals surface area contributed by atoms with Crippen molar-refractivity contribution in [3.63, 3.8) is 0 Å². The molecule has 6 nitrogen and oxygen atoms in total. The maximum absolute atomic E-state index is 12.5. The molecular formula is C15H27N3O3. The largest absolute Gasteiger partial charge is 0.409 e. The lowest BCUT2D eigenvalue weighted by atomic mass is 9.74. The van der Waals surface area contributed by atoms with E-state index in [0.717, 1.165) is 38.5 Å². The summed E-state index contributed by atoms with van der Waals surface area (Å²) in [6.07, 6.45) is 5.24. The van der Waals surface area contributed by atoms with Crippen molar-refractivity contribution in [1.29, 1.82) is 0 Å². The number of hydrogen-bond donors (Lipinski definition) is 3. The van der Waals surface area contributed by atoms with E-state index in [4.69, 9.17) is 15.7 Å². The van der Waals surface area contributed by atoms with Crippen LogP contribution in [0.3, 0.4) is 0 Å². The van der Waals surface area contributed by atoms with Crippen LogP contribution in [0, 0.1) is 11.8 Å². The third-order valence-electron chi connectivity index (χ3n) is 5.21. The molecule has 0 bridgehead atoms. The smallest absolute Gasteiger partial charge is 0.226 e. The Hall–Kier alpha value is -1.30. The van der Waals surface area contributed by atoms with Crippen molar-refractivity contribution in [2.75, 3.05) is 6.61 Å². The number of hydrogen-bond acceptors (Lipinski definition) is 4. The zero-order valence-electron chi connectivity index (χ0n) is 13.0. The van der Waals surface area contributed by atoms with Crippen LogP contribution < -0.4 is 11.1 Å². The second-order valence-electron chi connectivity index (χ2n) is 6.38. The van der Waals surface area contributed by atoms with Gasteiger partial charge < -0.3 is 21.0 Å². The number of amidine groups is 1. The van der Waals surface area contributed by atoms with E-state index in [-0.39, 0.29) is 23.8 Å². The summed E-state index contributed by atoms with van der Waals surface area (Å²) in [6, 6.07) is 0. The molecule has 2 unspecified atom stereocenters. The molecule has 0 spiro atoms. The molecule has 2 fully saturated rings. The molecule has 1 saturated carbocycles. The molecule has 2 aliphatic rings. The van der Waals surface area contributed by atoms with Crippen molar-refractivity contribution in [2.24, 2.45) is 22.7 Å². The first kappa shape index (κ1) is 16.1. The van der Waals surface area contributed by atoms with Crippen LogP contribution in [0.5, 0.6) is 0 Å². The number of carbonyl (C=O) groups excluding carboxylic acids is 1. The molecule has 1 amide bonds. The third-order valence-corrected chi connectivity index (χ3v) is 5.21. The van der Waals surface area contributed by atoms with Crippen LogP contribution in [0.4, 0.5) is 0 Å². The zero-order chi connectivity index (χ0) is 15.5. The van der Waals surface area contributed by atoms with Crippen LogP contribution in [0.1, 0.15) is 52.4 Å². The van der Waals surface area contributed by atoms with Gasteiger partial charge in [-0.05, 0) is 44.9 Å². The molecule has 0 aromatic heterocycles. The average Bonchev–Trinajstić information content (AvgIpc) is 2.93. The predicted octanol–water partition coefficient (Wildman–Crippen LogP) is 1.61. The molecule has 1 heterocycles. The van der Waals surface area contributed by atoms with Gasteiger partial charge in [0, 0.05) is 6.61 Å². The Morgan fingerprint density at radius 3 is 2.57 bits per heavy atom. The minimum absolute atomic E-state index is 0.0402. The summed E-state index contributed by atoms with van der Waals surface area (Å²) in [5, 5.41) is 15.3. The van der Waals surface area contributed by atoms with Gasteiger partial charge in [-0.1, -0.05) is 18.5 Å².